The second-order valence-corrected chi connectivity index (χ2v) is 5.49. The number of nitrogens with two attached hydrogens (primary N) is 1. The van der Waals surface area contributed by atoms with Crippen molar-refractivity contribution < 1.29 is 4.79 Å². The van der Waals surface area contributed by atoms with E-state index in [2.05, 4.69) is 30.5 Å². The molecule has 0 radical (unpaired) electrons. The second-order valence-electron chi connectivity index (χ2n) is 5.49. The van der Waals surface area contributed by atoms with Gasteiger partial charge >= 0.3 is 6.03 Å². The van der Waals surface area contributed by atoms with Gasteiger partial charge in [-0.1, -0.05) is 25.5 Å². The molecule has 94 valence electrons. The maximum absolute atomic E-state index is 10.7. The van der Waals surface area contributed by atoms with E-state index in [0.29, 0.717) is 5.92 Å². The van der Waals surface area contributed by atoms with Gasteiger partial charge in [0.2, 0.25) is 0 Å². The molecule has 4 nitrogen and oxygen atoms in total. The minimum absolute atomic E-state index is 0.0359. The van der Waals surface area contributed by atoms with Gasteiger partial charge in [-0.3, -0.25) is 0 Å². The van der Waals surface area contributed by atoms with Crippen LogP contribution in [0.3, 0.4) is 0 Å². The molecule has 1 fully saturated rings. The highest BCUT2D eigenvalue weighted by Crippen LogP contribution is 2.45. The average Bonchev–Trinajstić information content (AvgIpc) is 2.28. The van der Waals surface area contributed by atoms with Gasteiger partial charge in [0, 0.05) is 11.1 Å². The Hall–Kier alpha value is -1.32. The number of carbonyl (C=O) groups excluding carboxylic acids is 1. The van der Waals surface area contributed by atoms with E-state index in [0.717, 1.165) is 18.6 Å². The number of amides is 2. The lowest BCUT2D eigenvalue weighted by molar-refractivity contribution is 0.249. The summed E-state index contributed by atoms with van der Waals surface area (Å²) < 4.78 is 0. The van der Waals surface area contributed by atoms with E-state index in [4.69, 9.17) is 5.73 Å². The molecule has 1 atom stereocenters. The van der Waals surface area contributed by atoms with Crippen molar-refractivity contribution in [1.82, 2.24) is 5.43 Å². The summed E-state index contributed by atoms with van der Waals surface area (Å²) in [4.78, 5) is 10.7. The third-order valence-electron chi connectivity index (χ3n) is 4.03. The van der Waals surface area contributed by atoms with Crippen LogP contribution >= 0.6 is 0 Å². The van der Waals surface area contributed by atoms with Crippen LogP contribution in [0, 0.1) is 11.3 Å². The van der Waals surface area contributed by atoms with E-state index in [1.54, 1.807) is 0 Å². The monoisotopic (exact) mass is 235 g/mol. The van der Waals surface area contributed by atoms with Gasteiger partial charge in [-0.2, -0.15) is 5.10 Å². The zero-order chi connectivity index (χ0) is 12.5. The fourth-order valence-electron chi connectivity index (χ4n) is 3.12. The predicted molar refractivity (Wildman–Crippen MR) is 68.6 cm³/mol. The molecular formula is C13H21N3O. The van der Waals surface area contributed by atoms with Crippen molar-refractivity contribution in [2.75, 3.05) is 0 Å². The highest BCUT2D eigenvalue weighted by molar-refractivity contribution is 5.94. The van der Waals surface area contributed by atoms with Crippen molar-refractivity contribution in [3.8, 4) is 0 Å². The number of hydrazone groups is 1. The summed E-state index contributed by atoms with van der Waals surface area (Å²) in [7, 11) is 0. The molecule has 3 N–H and O–H groups in total. The zero-order valence-corrected chi connectivity index (χ0v) is 10.6. The number of rotatable bonds is 1. The fourth-order valence-corrected chi connectivity index (χ4v) is 3.12. The van der Waals surface area contributed by atoms with E-state index in [-0.39, 0.29) is 5.41 Å². The number of hydrogen-bond acceptors (Lipinski definition) is 2. The third kappa shape index (κ3) is 2.35. The van der Waals surface area contributed by atoms with Crippen LogP contribution < -0.4 is 11.2 Å². The van der Waals surface area contributed by atoms with E-state index < -0.39 is 6.03 Å². The summed E-state index contributed by atoms with van der Waals surface area (Å²) in [6, 6.07) is -0.590. The third-order valence-corrected chi connectivity index (χ3v) is 4.03. The van der Waals surface area contributed by atoms with E-state index in [9.17, 15) is 4.79 Å². The molecule has 2 amide bonds. The van der Waals surface area contributed by atoms with Gasteiger partial charge in [-0.05, 0) is 38.0 Å². The zero-order valence-electron chi connectivity index (χ0n) is 10.6. The first-order chi connectivity index (χ1) is 8.01. The van der Waals surface area contributed by atoms with Crippen LogP contribution in [0.2, 0.25) is 0 Å². The molecule has 0 aromatic heterocycles. The molecule has 0 spiro atoms. The Morgan fingerprint density at radius 1 is 1.53 bits per heavy atom. The molecule has 1 saturated carbocycles. The largest absolute Gasteiger partial charge is 0.350 e. The number of primary amides is 1. The molecule has 0 saturated heterocycles. The van der Waals surface area contributed by atoms with Crippen molar-refractivity contribution in [2.24, 2.45) is 22.2 Å². The molecule has 2 rings (SSSR count). The first kappa shape index (κ1) is 12.1. The maximum Gasteiger partial charge on any atom is 0.332 e. The van der Waals surface area contributed by atoms with Gasteiger partial charge in [0.05, 0.1) is 0 Å². The number of allylic oxidation sites excluding steroid dienone is 2. The Morgan fingerprint density at radius 2 is 2.29 bits per heavy atom. The Bertz CT molecular complexity index is 382. The van der Waals surface area contributed by atoms with Crippen molar-refractivity contribution in [2.45, 2.75) is 46.0 Å². The SMILES string of the molecule is CC1(C)C2=CCCC[C@@H]2CC/C1=N/NC(N)=O. The molecule has 0 aromatic carbocycles. The van der Waals surface area contributed by atoms with Crippen LogP contribution in [0.1, 0.15) is 46.0 Å². The quantitative estimate of drug-likeness (QED) is 0.532. The van der Waals surface area contributed by atoms with Gasteiger partial charge in [0.1, 0.15) is 0 Å². The van der Waals surface area contributed by atoms with Gasteiger partial charge in [-0.15, -0.1) is 0 Å². The smallest absolute Gasteiger partial charge is 0.332 e. The minimum atomic E-state index is -0.590. The van der Waals surface area contributed by atoms with E-state index in [1.807, 2.05) is 0 Å². The topological polar surface area (TPSA) is 67.5 Å². The highest BCUT2D eigenvalue weighted by atomic mass is 16.2. The van der Waals surface area contributed by atoms with Crippen LogP contribution in [0.25, 0.3) is 0 Å². The van der Waals surface area contributed by atoms with Gasteiger partial charge in [0.25, 0.3) is 0 Å². The van der Waals surface area contributed by atoms with E-state index >= 15 is 0 Å². The van der Waals surface area contributed by atoms with Crippen LogP contribution in [0.4, 0.5) is 4.79 Å². The molecular weight excluding hydrogens is 214 g/mol. The van der Waals surface area contributed by atoms with Crippen molar-refractivity contribution in [3.63, 3.8) is 0 Å². The van der Waals surface area contributed by atoms with Crippen LogP contribution in [0.15, 0.2) is 16.8 Å². The Balaban J connectivity index is 2.24. The van der Waals surface area contributed by atoms with Crippen molar-refractivity contribution in [1.29, 1.82) is 0 Å². The Labute approximate surface area is 102 Å². The summed E-state index contributed by atoms with van der Waals surface area (Å²) in [5, 5.41) is 4.18. The molecule has 0 aromatic rings. The Morgan fingerprint density at radius 3 is 3.00 bits per heavy atom. The van der Waals surface area contributed by atoms with Crippen molar-refractivity contribution in [3.05, 3.63) is 11.6 Å². The molecule has 0 heterocycles. The molecule has 0 bridgehead atoms. The number of urea groups is 1. The molecule has 0 aliphatic heterocycles. The molecule has 2 aliphatic rings. The van der Waals surface area contributed by atoms with Gasteiger partial charge < -0.3 is 5.73 Å². The summed E-state index contributed by atoms with van der Waals surface area (Å²) >= 11 is 0. The summed E-state index contributed by atoms with van der Waals surface area (Å²) in [6.07, 6.45) is 8.24. The number of fused-ring (bicyclic) bond motifs is 1. The Kier molecular flexibility index (Phi) is 3.22. The lowest BCUT2D eigenvalue weighted by Gasteiger charge is -2.41. The lowest BCUT2D eigenvalue weighted by atomic mass is 9.63. The molecule has 2 aliphatic carbocycles. The standard InChI is InChI=1S/C13H21N3O/c1-13(2)10-6-4-3-5-9(10)7-8-11(13)15-16-12(14)17/h6,9H,3-5,7-8H2,1-2H3,(H3,14,16,17)/b15-11-/t9-/m1/s1. The van der Waals surface area contributed by atoms with Gasteiger partial charge in [0.15, 0.2) is 0 Å². The minimum Gasteiger partial charge on any atom is -0.350 e. The second kappa shape index (κ2) is 4.51. The van der Waals surface area contributed by atoms with Crippen LogP contribution in [-0.4, -0.2) is 11.7 Å². The molecule has 4 heteroatoms. The highest BCUT2D eigenvalue weighted by Gasteiger charge is 2.39. The first-order valence-electron chi connectivity index (χ1n) is 6.35. The molecule has 17 heavy (non-hydrogen) atoms. The summed E-state index contributed by atoms with van der Waals surface area (Å²) in [5.74, 6) is 0.714. The van der Waals surface area contributed by atoms with Crippen molar-refractivity contribution >= 4 is 11.7 Å². The predicted octanol–water partition coefficient (Wildman–Crippen LogP) is 2.56. The van der Waals surface area contributed by atoms with E-state index in [1.165, 1.54) is 24.8 Å². The van der Waals surface area contributed by atoms with Gasteiger partial charge in [-0.25, -0.2) is 10.2 Å². The van der Waals surface area contributed by atoms with Crippen LogP contribution in [-0.2, 0) is 0 Å². The first-order valence-corrected chi connectivity index (χ1v) is 6.35. The number of nitrogens with one attached hydrogen (secondary N) is 1. The normalized spacial score (nSPS) is 29.4. The lowest BCUT2D eigenvalue weighted by Crippen LogP contribution is -2.38. The fraction of sp³-hybridized carbons (Fsp3) is 0.692. The summed E-state index contributed by atoms with van der Waals surface area (Å²) in [5.41, 5.74) is 9.93. The number of hydrogen-bond donors (Lipinski definition) is 2. The number of carbonyl (C=O) groups is 1. The number of nitrogens with zero attached hydrogens (tertiary/aromatic N) is 1. The van der Waals surface area contributed by atoms with Crippen LogP contribution in [0.5, 0.6) is 0 Å². The average molecular weight is 235 g/mol. The maximum atomic E-state index is 10.7. The summed E-state index contributed by atoms with van der Waals surface area (Å²) in [6.45, 7) is 4.38. The molecule has 0 unspecified atom stereocenters.